The first-order valence-corrected chi connectivity index (χ1v) is 77.3. The van der Waals surface area contributed by atoms with Crippen LogP contribution in [0.25, 0.3) is 0 Å². The Morgan fingerprint density at radius 2 is 0.167 bits per heavy atom. The van der Waals surface area contributed by atoms with Crippen molar-refractivity contribution in [2.45, 2.75) is 391 Å². The molecule has 12 aliphatic rings. The first kappa shape index (κ1) is 177. The van der Waals surface area contributed by atoms with Gasteiger partial charge < -0.3 is 53.8 Å². The standard InChI is InChI=1S/12C9H20N.6FH.18O.6Sb/c12*1-3-4-7-10(2)8-5-6-9-10;;;;;;;;;;;;;;;;;;;;;;;;;;;;;;/h12*3-9H2,1-2H3;6*1H;;;;;;;;;;;;;;;;;;;;;;;;/q12*+1;;;;;;;;;;;;;12*-1;;;;;;. The molecule has 12 rings (SSSR count). The number of halogens is 6. The zero-order valence-electron chi connectivity index (χ0n) is 101. The minimum absolute atomic E-state index is 0. The zero-order chi connectivity index (χ0) is 111. The normalized spacial score (nSPS) is 19.8. The van der Waals surface area contributed by atoms with Crippen molar-refractivity contribution >= 4 is 126 Å². The van der Waals surface area contributed by atoms with Crippen LogP contribution in [0.4, 0.5) is 28.2 Å². The van der Waals surface area contributed by atoms with Crippen LogP contribution in [0.1, 0.15) is 391 Å². The van der Waals surface area contributed by atoms with Crippen molar-refractivity contribution in [3.05, 3.63) is 0 Å². The number of likely N-dealkylation sites (tertiary alicyclic amines) is 12. The summed E-state index contributed by atoms with van der Waals surface area (Å²) in [6, 6.07) is 0. The van der Waals surface area contributed by atoms with Crippen LogP contribution in [0, 0.1) is 0 Å². The Bertz CT molecular complexity index is 2320. The van der Waals surface area contributed by atoms with Gasteiger partial charge in [-0.25, -0.2) is 0 Å². The van der Waals surface area contributed by atoms with Crippen LogP contribution in [-0.4, -0.2) is 500 Å². The molecule has 12 aliphatic heterocycles. The predicted molar refractivity (Wildman–Crippen MR) is 593 cm³/mol. The van der Waals surface area contributed by atoms with Gasteiger partial charge in [-0.1, -0.05) is 160 Å². The maximum atomic E-state index is 8.60. The van der Waals surface area contributed by atoms with E-state index in [0.717, 1.165) is 0 Å². The number of rotatable bonds is 36. The first-order chi connectivity index (χ1) is 67.6. The van der Waals surface area contributed by atoms with Gasteiger partial charge in [-0.15, -0.1) is 0 Å². The van der Waals surface area contributed by atoms with Crippen LogP contribution >= 0.6 is 0 Å². The van der Waals surface area contributed by atoms with E-state index in [2.05, 4.69) is 168 Å². The zero-order valence-corrected chi connectivity index (χ0v) is 117. The molecule has 918 valence electrons. The van der Waals surface area contributed by atoms with Crippen LogP contribution in [0.3, 0.4) is 0 Å². The van der Waals surface area contributed by atoms with Crippen molar-refractivity contribution in [3.8, 4) is 0 Å². The molecule has 0 bridgehead atoms. The van der Waals surface area contributed by atoms with Crippen LogP contribution in [-0.2, 0) is 18.1 Å². The summed E-state index contributed by atoms with van der Waals surface area (Å²) < 4.78 is 171. The van der Waals surface area contributed by atoms with Gasteiger partial charge in [0.1, 0.15) is 0 Å². The molecule has 12 saturated heterocycles. The van der Waals surface area contributed by atoms with E-state index in [9.17, 15) is 0 Å². The Kier molecular flexibility index (Phi) is 130. The van der Waals surface area contributed by atoms with Crippen molar-refractivity contribution in [1.29, 1.82) is 0 Å². The number of hydrogen-bond donors (Lipinski definition) is 0. The van der Waals surface area contributed by atoms with Crippen molar-refractivity contribution in [3.63, 3.8) is 0 Å². The average molecular weight is 2850 g/mol. The molecule has 0 N–H and O–H groups in total. The van der Waals surface area contributed by atoms with Gasteiger partial charge >= 0.3 is 185 Å². The molecular formula is C108H246F6N12O18Sb6. The molecule has 0 amide bonds. The van der Waals surface area contributed by atoms with E-state index in [-0.39, 0.29) is 28.2 Å². The molecule has 0 atom stereocenters. The summed E-state index contributed by atoms with van der Waals surface area (Å²) in [5, 5.41) is 0. The van der Waals surface area contributed by atoms with Gasteiger partial charge in [0.05, 0.1) is 320 Å². The fourth-order valence-electron chi connectivity index (χ4n) is 22.3. The van der Waals surface area contributed by atoms with Crippen LogP contribution in [0.2, 0.25) is 0 Å². The van der Waals surface area contributed by atoms with Gasteiger partial charge in [0, 0.05) is 154 Å². The molecule has 12 fully saturated rings. The Morgan fingerprint density at radius 1 is 0.127 bits per heavy atom. The molecule has 0 unspecified atom stereocenters. The second-order valence-corrected chi connectivity index (χ2v) is 55.2. The topological polar surface area (TPSA) is 379 Å². The Hall–Kier alpha value is 2.33. The third-order valence-corrected chi connectivity index (χ3v) is 32.4. The SMILES string of the molecule is CCCC[N+]1(C)CCCC1.CCCC[N+]1(C)CCCC1.CCCC[N+]1(C)CCCC1.CCCC[N+]1(C)CCCC1.CCCC[N+]1(C)CCCC1.CCCC[N+]1(C)CCCC1.CCCC[N+]1(C)CCCC1.CCCC[N+]1(C)CCCC1.CCCC[N+]1(C)CCCC1.CCCC[N+]1(C)CCCC1.CCCC[N+]1(C)CCCC1.CCCC[N+]1(C)CCCC1.F.F.F.F.F.F.[O]=[Sb]([O-])[O-].[O]=[Sb]([O-])[O-].[O]=[Sb]([O-])[O-].[O]=[Sb]([O-])[O-].[O]=[Sb]([O-])[O-].[O]=[Sb]([O-])[O-]. The predicted octanol–water partition coefficient (Wildman–Crippen LogP) is 7.97. The van der Waals surface area contributed by atoms with Crippen LogP contribution in [0.5, 0.6) is 0 Å². The quantitative estimate of drug-likeness (QED) is 0.0326. The van der Waals surface area contributed by atoms with E-state index in [0.29, 0.717) is 0 Å². The van der Waals surface area contributed by atoms with E-state index in [4.69, 9.17) is 58.7 Å². The van der Waals surface area contributed by atoms with Gasteiger partial charge in [-0.05, 0) is 77.0 Å². The van der Waals surface area contributed by atoms with E-state index >= 15 is 0 Å². The average Bonchev–Trinajstić information content (AvgIpc) is 1.85. The van der Waals surface area contributed by atoms with Crippen molar-refractivity contribution in [1.82, 2.24) is 0 Å². The molecule has 6 radical (unpaired) electrons. The summed E-state index contributed by atoms with van der Waals surface area (Å²) in [5.74, 6) is 0. The molecule has 150 heavy (non-hydrogen) atoms. The fraction of sp³-hybridized carbons (Fsp3) is 1.00. The van der Waals surface area contributed by atoms with E-state index < -0.39 is 126 Å². The number of hydrogen-bond acceptors (Lipinski definition) is 18. The van der Waals surface area contributed by atoms with Gasteiger partial charge in [-0.3, -0.25) is 28.2 Å². The Balaban J connectivity index is -0.000000135. The molecule has 0 aliphatic carbocycles. The summed E-state index contributed by atoms with van der Waals surface area (Å²) in [5.41, 5.74) is 0. The maximum absolute atomic E-state index is 8.60. The third-order valence-electron chi connectivity index (χ3n) is 32.4. The van der Waals surface area contributed by atoms with Crippen molar-refractivity contribution < 1.29 is 141 Å². The summed E-state index contributed by atoms with van der Waals surface area (Å²) in [6.45, 7) is 78.7. The molecule has 42 heteroatoms. The molecule has 0 saturated carbocycles. The molecule has 30 nitrogen and oxygen atoms in total. The molecule has 12 heterocycles. The summed E-state index contributed by atoms with van der Waals surface area (Å²) in [7, 11) is 28.9. The molecule has 0 aromatic heterocycles. The Labute approximate surface area is 969 Å². The summed E-state index contributed by atoms with van der Waals surface area (Å²) in [4.78, 5) is 0. The van der Waals surface area contributed by atoms with Gasteiger partial charge in [0.2, 0.25) is 0 Å². The molecule has 0 aromatic rings. The third kappa shape index (κ3) is 116. The summed E-state index contributed by atoms with van der Waals surface area (Å²) in [6.07, 6.45) is 68.2. The van der Waals surface area contributed by atoms with Gasteiger partial charge in [0.15, 0.2) is 0 Å². The Morgan fingerprint density at radius 3 is 0.200 bits per heavy atom. The first-order valence-electron chi connectivity index (χ1n) is 58.5. The van der Waals surface area contributed by atoms with E-state index in [1.807, 2.05) is 0 Å². The minimum atomic E-state index is -4.20. The monoisotopic (exact) mass is 2840 g/mol. The van der Waals surface area contributed by atoms with Gasteiger partial charge in [0.25, 0.3) is 0 Å². The molecule has 0 aromatic carbocycles. The van der Waals surface area contributed by atoms with E-state index in [1.54, 1.807) is 0 Å². The summed E-state index contributed by atoms with van der Waals surface area (Å²) >= 11 is -25.2. The number of nitrogens with zero attached hydrogens (tertiary/aromatic N) is 12. The molecular weight excluding hydrogens is 2600 g/mol. The fourth-order valence-corrected chi connectivity index (χ4v) is 22.3. The van der Waals surface area contributed by atoms with E-state index in [1.165, 1.54) is 598 Å². The number of unbranched alkanes of at least 4 members (excludes halogenated alkanes) is 12. The van der Waals surface area contributed by atoms with Gasteiger partial charge in [-0.2, -0.15) is 0 Å². The number of quaternary nitrogens is 12. The van der Waals surface area contributed by atoms with Crippen molar-refractivity contribution in [2.24, 2.45) is 0 Å². The van der Waals surface area contributed by atoms with Crippen LogP contribution < -0.4 is 40.6 Å². The second-order valence-electron chi connectivity index (χ2n) is 47.6. The van der Waals surface area contributed by atoms with Crippen LogP contribution in [0.15, 0.2) is 0 Å². The molecule has 0 spiro atoms. The second kappa shape index (κ2) is 110. The van der Waals surface area contributed by atoms with Crippen molar-refractivity contribution in [2.75, 3.05) is 320 Å².